The summed E-state index contributed by atoms with van der Waals surface area (Å²) in [6.07, 6.45) is 1.42. The molecule has 2 aromatic rings. The first kappa shape index (κ1) is 21.6. The number of methoxy groups -OCH3 is 3. The van der Waals surface area contributed by atoms with Crippen LogP contribution in [0.1, 0.15) is 11.1 Å². The summed E-state index contributed by atoms with van der Waals surface area (Å²) in [6, 6.07) is 8.35. The van der Waals surface area contributed by atoms with Gasteiger partial charge in [-0.05, 0) is 49.0 Å². The first-order chi connectivity index (χ1) is 14.3. The van der Waals surface area contributed by atoms with Crippen molar-refractivity contribution in [3.63, 3.8) is 0 Å². The van der Waals surface area contributed by atoms with Gasteiger partial charge in [-0.25, -0.2) is 0 Å². The summed E-state index contributed by atoms with van der Waals surface area (Å²) >= 11 is 11.4. The molecular formula is C21H19ClN2O5S. The number of nitrogens with one attached hydrogen (secondary N) is 1. The van der Waals surface area contributed by atoms with Crippen molar-refractivity contribution in [2.45, 2.75) is 6.92 Å². The zero-order valence-corrected chi connectivity index (χ0v) is 18.3. The van der Waals surface area contributed by atoms with Crippen LogP contribution in [0.2, 0.25) is 5.02 Å². The molecule has 1 saturated heterocycles. The lowest BCUT2D eigenvalue weighted by Crippen LogP contribution is -2.54. The van der Waals surface area contributed by atoms with E-state index < -0.39 is 11.8 Å². The Labute approximate surface area is 184 Å². The maximum atomic E-state index is 13.3. The van der Waals surface area contributed by atoms with Gasteiger partial charge in [-0.3, -0.25) is 19.8 Å². The summed E-state index contributed by atoms with van der Waals surface area (Å²) < 4.78 is 16.0. The van der Waals surface area contributed by atoms with Gasteiger partial charge in [0.1, 0.15) is 11.3 Å². The first-order valence-electron chi connectivity index (χ1n) is 8.79. The number of benzene rings is 2. The molecule has 2 aromatic carbocycles. The third-order valence-electron chi connectivity index (χ3n) is 4.62. The summed E-state index contributed by atoms with van der Waals surface area (Å²) in [7, 11) is 4.46. The van der Waals surface area contributed by atoms with Crippen molar-refractivity contribution in [3.8, 4) is 17.2 Å². The fraction of sp³-hybridized carbons (Fsp3) is 0.190. The molecule has 3 rings (SSSR count). The third-order valence-corrected chi connectivity index (χ3v) is 5.31. The molecule has 1 heterocycles. The summed E-state index contributed by atoms with van der Waals surface area (Å²) in [5, 5.41) is 3.01. The molecule has 1 aliphatic heterocycles. The molecule has 0 atom stereocenters. The molecule has 30 heavy (non-hydrogen) atoms. The second-order valence-electron chi connectivity index (χ2n) is 6.29. The van der Waals surface area contributed by atoms with Crippen molar-refractivity contribution in [1.29, 1.82) is 0 Å². The number of halogens is 1. The number of anilines is 1. The summed E-state index contributed by atoms with van der Waals surface area (Å²) in [5.41, 5.74) is 1.49. The van der Waals surface area contributed by atoms with Crippen LogP contribution in [0.3, 0.4) is 0 Å². The van der Waals surface area contributed by atoms with E-state index in [4.69, 9.17) is 38.0 Å². The second kappa shape index (κ2) is 8.73. The molecule has 1 N–H and O–H groups in total. The van der Waals surface area contributed by atoms with Crippen molar-refractivity contribution >= 4 is 52.5 Å². The number of rotatable bonds is 5. The Morgan fingerprint density at radius 2 is 1.67 bits per heavy atom. The van der Waals surface area contributed by atoms with Crippen LogP contribution >= 0.6 is 23.8 Å². The number of ether oxygens (including phenoxy) is 3. The molecule has 1 aliphatic rings. The molecule has 0 bridgehead atoms. The lowest BCUT2D eigenvalue weighted by atomic mass is 10.0. The van der Waals surface area contributed by atoms with Crippen LogP contribution in [0.15, 0.2) is 35.9 Å². The average molecular weight is 447 g/mol. The quantitative estimate of drug-likeness (QED) is 0.430. The van der Waals surface area contributed by atoms with Gasteiger partial charge in [0, 0.05) is 16.7 Å². The van der Waals surface area contributed by atoms with E-state index in [1.54, 1.807) is 37.3 Å². The average Bonchev–Trinajstić information content (AvgIpc) is 2.73. The third kappa shape index (κ3) is 3.83. The van der Waals surface area contributed by atoms with Gasteiger partial charge >= 0.3 is 0 Å². The molecule has 0 spiro atoms. The van der Waals surface area contributed by atoms with E-state index in [9.17, 15) is 9.59 Å². The Balaban J connectivity index is 2.12. The standard InChI is InChI=1S/C21H19ClN2O5S/c1-11-14(22)6-5-7-15(11)24-20(26)13(19(25)23-21(24)30)8-12-9-17(28-3)18(29-4)10-16(12)27-2/h5-10H,1-4H3,(H,23,25,30)/b13-8+. The minimum atomic E-state index is -0.613. The molecule has 0 aliphatic carbocycles. The number of hydrogen-bond donors (Lipinski definition) is 1. The van der Waals surface area contributed by atoms with Crippen LogP contribution in [0, 0.1) is 6.92 Å². The number of carbonyl (C=O) groups excluding carboxylic acids is 2. The topological polar surface area (TPSA) is 77.1 Å². The maximum Gasteiger partial charge on any atom is 0.270 e. The first-order valence-corrected chi connectivity index (χ1v) is 9.57. The fourth-order valence-electron chi connectivity index (χ4n) is 3.04. The van der Waals surface area contributed by atoms with Gasteiger partial charge in [0.2, 0.25) is 0 Å². The lowest BCUT2D eigenvalue weighted by Gasteiger charge is -2.30. The molecule has 0 radical (unpaired) electrons. The number of nitrogens with zero attached hydrogens (tertiary/aromatic N) is 1. The Hall–Kier alpha value is -3.10. The molecule has 0 aromatic heterocycles. The minimum Gasteiger partial charge on any atom is -0.496 e. The Kier molecular flexibility index (Phi) is 6.28. The molecular weight excluding hydrogens is 428 g/mol. The van der Waals surface area contributed by atoms with E-state index in [0.717, 1.165) is 0 Å². The zero-order valence-electron chi connectivity index (χ0n) is 16.7. The summed E-state index contributed by atoms with van der Waals surface area (Å²) in [4.78, 5) is 27.1. The SMILES string of the molecule is COc1cc(OC)c(OC)cc1/C=C1\C(=O)NC(=S)N(c2cccc(Cl)c2C)C1=O. The van der Waals surface area contributed by atoms with Crippen LogP contribution in [0.4, 0.5) is 5.69 Å². The van der Waals surface area contributed by atoms with Crippen molar-refractivity contribution in [1.82, 2.24) is 5.32 Å². The second-order valence-corrected chi connectivity index (χ2v) is 7.08. The summed E-state index contributed by atoms with van der Waals surface area (Å²) in [6.45, 7) is 1.77. The monoisotopic (exact) mass is 446 g/mol. The largest absolute Gasteiger partial charge is 0.496 e. The normalized spacial score (nSPS) is 15.3. The van der Waals surface area contributed by atoms with Gasteiger partial charge in [0.15, 0.2) is 16.6 Å². The van der Waals surface area contributed by atoms with Gasteiger partial charge in [0.05, 0.1) is 27.0 Å². The van der Waals surface area contributed by atoms with Gasteiger partial charge in [-0.15, -0.1) is 0 Å². The summed E-state index contributed by atoms with van der Waals surface area (Å²) in [5.74, 6) is 0.0864. The fourth-order valence-corrected chi connectivity index (χ4v) is 3.48. The Bertz CT molecular complexity index is 1080. The molecule has 2 amide bonds. The Morgan fingerprint density at radius 1 is 1.03 bits per heavy atom. The highest BCUT2D eigenvalue weighted by Crippen LogP contribution is 2.36. The number of hydrogen-bond acceptors (Lipinski definition) is 6. The van der Waals surface area contributed by atoms with Crippen molar-refractivity contribution in [3.05, 3.63) is 52.1 Å². The van der Waals surface area contributed by atoms with Crippen LogP contribution in [0.25, 0.3) is 6.08 Å². The molecule has 1 fully saturated rings. The van der Waals surface area contributed by atoms with Crippen molar-refractivity contribution in [2.75, 3.05) is 26.2 Å². The molecule has 7 nitrogen and oxygen atoms in total. The van der Waals surface area contributed by atoms with E-state index in [0.29, 0.717) is 39.1 Å². The van der Waals surface area contributed by atoms with Crippen LogP contribution in [-0.4, -0.2) is 38.3 Å². The van der Waals surface area contributed by atoms with E-state index in [1.165, 1.54) is 32.3 Å². The predicted octanol–water partition coefficient (Wildman–Crippen LogP) is 3.51. The van der Waals surface area contributed by atoms with Gasteiger partial charge < -0.3 is 14.2 Å². The van der Waals surface area contributed by atoms with E-state index >= 15 is 0 Å². The molecule has 0 saturated carbocycles. The highest BCUT2D eigenvalue weighted by Gasteiger charge is 2.35. The highest BCUT2D eigenvalue weighted by atomic mass is 35.5. The number of amides is 2. The minimum absolute atomic E-state index is 0.0215. The van der Waals surface area contributed by atoms with Gasteiger partial charge in [-0.2, -0.15) is 0 Å². The van der Waals surface area contributed by atoms with E-state index in [1.807, 2.05) is 0 Å². The van der Waals surface area contributed by atoms with Gasteiger partial charge in [0.25, 0.3) is 11.8 Å². The number of carbonyl (C=O) groups is 2. The van der Waals surface area contributed by atoms with Crippen molar-refractivity contribution in [2.24, 2.45) is 0 Å². The van der Waals surface area contributed by atoms with Crippen molar-refractivity contribution < 1.29 is 23.8 Å². The highest BCUT2D eigenvalue weighted by molar-refractivity contribution is 7.80. The molecule has 0 unspecified atom stereocenters. The number of thiocarbonyl (C=S) groups is 1. The van der Waals surface area contributed by atoms with Crippen LogP contribution in [-0.2, 0) is 9.59 Å². The van der Waals surface area contributed by atoms with Crippen LogP contribution < -0.4 is 24.4 Å². The molecule has 9 heteroatoms. The molecule has 156 valence electrons. The Morgan fingerprint density at radius 3 is 2.30 bits per heavy atom. The smallest absolute Gasteiger partial charge is 0.270 e. The van der Waals surface area contributed by atoms with Gasteiger partial charge in [-0.1, -0.05) is 17.7 Å². The lowest BCUT2D eigenvalue weighted by molar-refractivity contribution is -0.122. The zero-order chi connectivity index (χ0) is 22.0. The van der Waals surface area contributed by atoms with E-state index in [-0.39, 0.29) is 10.7 Å². The predicted molar refractivity (Wildman–Crippen MR) is 118 cm³/mol. The maximum absolute atomic E-state index is 13.3. The van der Waals surface area contributed by atoms with Crippen LogP contribution in [0.5, 0.6) is 17.2 Å². The van der Waals surface area contributed by atoms with E-state index in [2.05, 4.69) is 5.32 Å².